The number of amides is 1. The number of nitrogens with one attached hydrogen (secondary N) is 1. The second-order valence-electron chi connectivity index (χ2n) is 23.6. The van der Waals surface area contributed by atoms with Gasteiger partial charge in [0, 0.05) is 79.3 Å². The number of hydrogen-bond donors (Lipinski definition) is 5. The zero-order valence-corrected chi connectivity index (χ0v) is 49.5. The highest BCUT2D eigenvalue weighted by Gasteiger charge is 2.52. The largest absolute Gasteiger partial charge is 0.497 e. The van der Waals surface area contributed by atoms with Crippen molar-refractivity contribution in [1.82, 2.24) is 19.7 Å². The molecule has 0 radical (unpaired) electrons. The summed E-state index contributed by atoms with van der Waals surface area (Å²) < 4.78 is 45.8. The number of nitrogens with zero attached hydrogens (tertiary/aromatic N) is 3. The van der Waals surface area contributed by atoms with Gasteiger partial charge in [0.25, 0.3) is 5.91 Å². The fourth-order valence-electron chi connectivity index (χ4n) is 12.4. The molecule has 0 unspecified atom stereocenters. The molecule has 4 heterocycles. The molecule has 3 aromatic rings. The standard InChI is InChI=1S/C59H91ClN4O14/c1-16-47-59(11,71)52(66)38(7)63(25-17-24-61-48(65)29-44-37(6)64(46-23-22-43(72-14)28-45(44)46)55(68)40-18-20-41(60)21-19-40)32-33(2)30-57(9,70)54(78-49-27-42(62(12)13)26-34(3)74-49)35(4)51(36(5)56(69)76-47)77-50-31-58(10,73-15)53(67)39(8)75-50/h18-23,28,33-36,38-39,42,47,49-54,66-67,70-71H,16-17,24-27,29-32H2,1-15H3,(H,61,65)/t33-,34-,35+,36-,38-,39+,42+,47-,49+,50+,51+,52-,53+,54-,57-,58-,59-/m1/s1. The summed E-state index contributed by atoms with van der Waals surface area (Å²) in [5.74, 6) is -2.66. The summed E-state index contributed by atoms with van der Waals surface area (Å²) in [4.78, 5) is 46.7. The maximum atomic E-state index is 14.7. The predicted molar refractivity (Wildman–Crippen MR) is 297 cm³/mol. The monoisotopic (exact) mass is 1110 g/mol. The van der Waals surface area contributed by atoms with Crippen molar-refractivity contribution in [3.8, 4) is 5.75 Å². The zero-order chi connectivity index (χ0) is 57.8. The van der Waals surface area contributed by atoms with Crippen molar-refractivity contribution in [2.75, 3.05) is 47.9 Å². The lowest BCUT2D eigenvalue weighted by atomic mass is 9.77. The lowest BCUT2D eigenvalue weighted by Crippen LogP contribution is -2.60. The third-order valence-electron chi connectivity index (χ3n) is 17.1. The number of aliphatic hydroxyl groups excluding tert-OH is 2. The smallest absolute Gasteiger partial charge is 0.311 e. The van der Waals surface area contributed by atoms with Crippen molar-refractivity contribution in [3.63, 3.8) is 0 Å². The first-order valence-electron chi connectivity index (χ1n) is 27.9. The third-order valence-corrected chi connectivity index (χ3v) is 17.3. The zero-order valence-electron chi connectivity index (χ0n) is 48.8. The lowest BCUT2D eigenvalue weighted by Gasteiger charge is -2.48. The van der Waals surface area contributed by atoms with Crippen LogP contribution in [-0.4, -0.2) is 185 Å². The Balaban J connectivity index is 1.28. The number of cyclic esters (lactones) is 1. The highest BCUT2D eigenvalue weighted by molar-refractivity contribution is 6.30. The van der Waals surface area contributed by atoms with Gasteiger partial charge >= 0.3 is 5.97 Å². The van der Waals surface area contributed by atoms with Crippen molar-refractivity contribution < 1.29 is 68.0 Å². The molecule has 0 aliphatic carbocycles. The Bertz CT molecular complexity index is 2490. The van der Waals surface area contributed by atoms with Gasteiger partial charge in [0.2, 0.25) is 5.91 Å². The molecule has 1 amide bonds. The summed E-state index contributed by atoms with van der Waals surface area (Å²) in [6.45, 7) is 20.6. The van der Waals surface area contributed by atoms with Gasteiger partial charge in [-0.05, 0) is 149 Å². The van der Waals surface area contributed by atoms with Crippen LogP contribution < -0.4 is 10.1 Å². The minimum atomic E-state index is -1.94. The fraction of sp³-hybridized carbons (Fsp3) is 0.712. The molecular formula is C59H91ClN4O14. The number of rotatable bonds is 15. The molecule has 0 saturated carbocycles. The van der Waals surface area contributed by atoms with E-state index in [4.69, 9.17) is 44.8 Å². The van der Waals surface area contributed by atoms with E-state index in [1.165, 1.54) is 14.0 Å². The second-order valence-corrected chi connectivity index (χ2v) is 24.0. The van der Waals surface area contributed by atoms with E-state index in [1.807, 2.05) is 65.7 Å². The number of aromatic nitrogens is 1. The molecule has 0 spiro atoms. The maximum absolute atomic E-state index is 14.7. The number of carbonyl (C=O) groups is 3. The summed E-state index contributed by atoms with van der Waals surface area (Å²) in [6.07, 6.45) is -5.87. The van der Waals surface area contributed by atoms with Gasteiger partial charge in [-0.1, -0.05) is 32.4 Å². The van der Waals surface area contributed by atoms with E-state index in [0.717, 1.165) is 6.42 Å². The van der Waals surface area contributed by atoms with Gasteiger partial charge in [0.15, 0.2) is 12.6 Å². The van der Waals surface area contributed by atoms with Gasteiger partial charge in [-0.3, -0.25) is 23.9 Å². The first-order chi connectivity index (χ1) is 36.6. The molecule has 18 nitrogen and oxygen atoms in total. The van der Waals surface area contributed by atoms with E-state index in [9.17, 15) is 34.8 Å². The topological polar surface area (TPSA) is 220 Å². The molecule has 5 N–H and O–H groups in total. The van der Waals surface area contributed by atoms with Crippen molar-refractivity contribution >= 4 is 40.3 Å². The van der Waals surface area contributed by atoms with Crippen LogP contribution in [0.5, 0.6) is 5.75 Å². The van der Waals surface area contributed by atoms with Crippen molar-refractivity contribution in [3.05, 3.63) is 64.3 Å². The number of esters is 1. The number of methoxy groups -OCH3 is 2. The quantitative estimate of drug-likeness (QED) is 0.0793. The molecule has 6 rings (SSSR count). The van der Waals surface area contributed by atoms with Crippen LogP contribution in [-0.2, 0) is 44.4 Å². The normalized spacial score (nSPS) is 35.9. The van der Waals surface area contributed by atoms with Gasteiger partial charge in [-0.15, -0.1) is 0 Å². The molecule has 3 saturated heterocycles. The van der Waals surface area contributed by atoms with E-state index >= 15 is 0 Å². The van der Waals surface area contributed by atoms with Crippen LogP contribution in [0.2, 0.25) is 5.02 Å². The predicted octanol–water partition coefficient (Wildman–Crippen LogP) is 6.66. The van der Waals surface area contributed by atoms with E-state index in [2.05, 4.69) is 10.2 Å². The van der Waals surface area contributed by atoms with Gasteiger partial charge < -0.3 is 63.8 Å². The molecule has 3 aliphatic rings. The van der Waals surface area contributed by atoms with Crippen LogP contribution >= 0.6 is 11.6 Å². The van der Waals surface area contributed by atoms with Crippen molar-refractivity contribution in [1.29, 1.82) is 0 Å². The van der Waals surface area contributed by atoms with Gasteiger partial charge in [0.1, 0.15) is 29.7 Å². The average molecular weight is 1120 g/mol. The Kier molecular flexibility index (Phi) is 21.5. The van der Waals surface area contributed by atoms with Crippen LogP contribution in [0.3, 0.4) is 0 Å². The number of carbonyl (C=O) groups excluding carboxylic acids is 3. The van der Waals surface area contributed by atoms with Crippen LogP contribution in [0.4, 0.5) is 0 Å². The SMILES string of the molecule is CC[C@H]1OC(=O)[C@H](C)[C@@H](O[C@H]2C[C@@](C)(OC)[C@@H](O)[C@H](C)O2)[C@H](C)[C@@H](O[C@H]2C[C@@H](N(C)C)C[C@@H](C)O2)[C@](C)(O)C[C@@H](C)CN(CCCNC(=O)Cc2c(C)n(C(=O)c3ccc(Cl)cc3)c3ccc(OC)cc23)[C@H](C)[C@@H](O)[C@]1(C)O. The Morgan fingerprint density at radius 3 is 2.22 bits per heavy atom. The Morgan fingerprint density at radius 1 is 0.910 bits per heavy atom. The summed E-state index contributed by atoms with van der Waals surface area (Å²) in [5, 5.41) is 53.0. The van der Waals surface area contributed by atoms with E-state index in [-0.39, 0.29) is 62.1 Å². The van der Waals surface area contributed by atoms with Crippen LogP contribution in [0, 0.1) is 24.7 Å². The maximum Gasteiger partial charge on any atom is 0.311 e. The third kappa shape index (κ3) is 14.5. The summed E-state index contributed by atoms with van der Waals surface area (Å²) in [6, 6.07) is 11.5. The fourth-order valence-corrected chi connectivity index (χ4v) is 12.5. The molecule has 0 bridgehead atoms. The molecule has 19 heteroatoms. The second kappa shape index (κ2) is 26.4. The minimum Gasteiger partial charge on any atom is -0.497 e. The number of ether oxygens (including phenoxy) is 7. The molecule has 1 aromatic heterocycles. The van der Waals surface area contributed by atoms with Gasteiger partial charge in [-0.25, -0.2) is 0 Å². The Labute approximate surface area is 467 Å². The van der Waals surface area contributed by atoms with Crippen molar-refractivity contribution in [2.24, 2.45) is 17.8 Å². The Morgan fingerprint density at radius 2 is 1.59 bits per heavy atom. The summed E-state index contributed by atoms with van der Waals surface area (Å²) >= 11 is 6.14. The van der Waals surface area contributed by atoms with Crippen molar-refractivity contribution in [2.45, 2.75) is 205 Å². The molecule has 3 aliphatic heterocycles. The molecule has 438 valence electrons. The highest BCUT2D eigenvalue weighted by Crippen LogP contribution is 2.41. The minimum absolute atomic E-state index is 0.0173. The first kappa shape index (κ1) is 63.4. The molecule has 2 aromatic carbocycles. The van der Waals surface area contributed by atoms with Gasteiger partial charge in [0.05, 0.1) is 60.6 Å². The summed E-state index contributed by atoms with van der Waals surface area (Å²) in [7, 11) is 7.11. The number of fused-ring (bicyclic) bond motifs is 1. The van der Waals surface area contributed by atoms with E-state index in [1.54, 1.807) is 76.6 Å². The average Bonchev–Trinajstić information content (AvgIpc) is 3.73. The summed E-state index contributed by atoms with van der Waals surface area (Å²) in [5.41, 5.74) is -2.20. The Hall–Kier alpha value is -3.76. The number of aliphatic hydroxyl groups is 4. The molecule has 3 fully saturated rings. The van der Waals surface area contributed by atoms with Crippen LogP contribution in [0.25, 0.3) is 10.9 Å². The first-order valence-corrected chi connectivity index (χ1v) is 28.3. The van der Waals surface area contributed by atoms with Crippen LogP contribution in [0.1, 0.15) is 129 Å². The van der Waals surface area contributed by atoms with E-state index < -0.39 is 89.9 Å². The highest BCUT2D eigenvalue weighted by atomic mass is 35.5. The number of benzene rings is 2. The van der Waals surface area contributed by atoms with Gasteiger partial charge in [-0.2, -0.15) is 0 Å². The van der Waals surface area contributed by atoms with E-state index in [0.29, 0.717) is 64.4 Å². The molecule has 78 heavy (non-hydrogen) atoms. The molecule has 17 atom stereocenters. The lowest BCUT2D eigenvalue weighted by molar-refractivity contribution is -0.308. The van der Waals surface area contributed by atoms with Crippen LogP contribution in [0.15, 0.2) is 42.5 Å². The molecular weight excluding hydrogens is 1020 g/mol. The number of halogens is 1. The number of hydrogen-bond acceptors (Lipinski definition) is 16.